The summed E-state index contributed by atoms with van der Waals surface area (Å²) < 4.78 is 6.19. The Morgan fingerprint density at radius 1 is 1.57 bits per heavy atom. The average molecular weight is 237 g/mol. The minimum Gasteiger partial charge on any atom is -0.392 e. The molecule has 0 atom stereocenters. The van der Waals surface area contributed by atoms with Crippen LogP contribution < -0.4 is 4.74 Å². The number of hydrogen-bond acceptors (Lipinski definition) is 3. The van der Waals surface area contributed by atoms with Crippen LogP contribution in [0.4, 0.5) is 4.79 Å². The van der Waals surface area contributed by atoms with Gasteiger partial charge in [-0.3, -0.25) is 4.68 Å². The molecule has 0 fully saturated rings. The van der Waals surface area contributed by atoms with Crippen molar-refractivity contribution in [1.29, 1.82) is 0 Å². The molecular formula is C8H10Cl2N2O2. The molecule has 4 nitrogen and oxygen atoms in total. The lowest BCUT2D eigenvalue weighted by Gasteiger charge is -2.04. The molecule has 0 amide bonds. The van der Waals surface area contributed by atoms with Crippen molar-refractivity contribution >= 4 is 28.6 Å². The predicted octanol–water partition coefficient (Wildman–Crippen LogP) is 2.93. The number of halogens is 2. The maximum Gasteiger partial charge on any atom is 0.410 e. The zero-order chi connectivity index (χ0) is 10.9. The number of carbonyl (C=O) groups excluding carboxylic acids is 1. The van der Waals surface area contributed by atoms with Crippen LogP contribution in [-0.2, 0) is 7.05 Å². The Balaban J connectivity index is 3.10. The normalized spacial score (nSPS) is 10.7. The molecule has 0 saturated carbocycles. The number of aryl methyl sites for hydroxylation is 1. The molecule has 6 heteroatoms. The molecule has 1 aromatic rings. The molecule has 0 aliphatic carbocycles. The second kappa shape index (κ2) is 4.19. The molecule has 14 heavy (non-hydrogen) atoms. The summed E-state index contributed by atoms with van der Waals surface area (Å²) in [6.45, 7) is 3.93. The SMILES string of the molecule is CC(C)c1c(Cl)c(OC(=O)Cl)nn1C. The van der Waals surface area contributed by atoms with Crippen LogP contribution in [0.3, 0.4) is 0 Å². The topological polar surface area (TPSA) is 44.1 Å². The van der Waals surface area contributed by atoms with Crippen LogP contribution in [0.5, 0.6) is 5.88 Å². The Hall–Kier alpha value is -0.740. The van der Waals surface area contributed by atoms with Crippen LogP contribution in [0, 0.1) is 0 Å². The van der Waals surface area contributed by atoms with Gasteiger partial charge in [0.25, 0.3) is 5.88 Å². The van der Waals surface area contributed by atoms with Gasteiger partial charge >= 0.3 is 5.43 Å². The van der Waals surface area contributed by atoms with Gasteiger partial charge in [-0.05, 0) is 5.92 Å². The quantitative estimate of drug-likeness (QED) is 0.742. The van der Waals surface area contributed by atoms with E-state index in [0.29, 0.717) is 5.02 Å². The summed E-state index contributed by atoms with van der Waals surface area (Å²) >= 11 is 11.0. The van der Waals surface area contributed by atoms with E-state index in [-0.39, 0.29) is 11.8 Å². The second-order valence-corrected chi connectivity index (χ2v) is 3.81. The average Bonchev–Trinajstić information content (AvgIpc) is 2.25. The molecule has 78 valence electrons. The third-order valence-electron chi connectivity index (χ3n) is 1.73. The number of aromatic nitrogens is 2. The molecule has 0 aliphatic rings. The van der Waals surface area contributed by atoms with Gasteiger partial charge in [0.1, 0.15) is 5.02 Å². The maximum absolute atomic E-state index is 10.5. The van der Waals surface area contributed by atoms with Crippen LogP contribution in [-0.4, -0.2) is 15.2 Å². The van der Waals surface area contributed by atoms with Crippen molar-refractivity contribution in [3.8, 4) is 5.88 Å². The highest BCUT2D eigenvalue weighted by atomic mass is 35.5. The fourth-order valence-electron chi connectivity index (χ4n) is 1.25. The van der Waals surface area contributed by atoms with Gasteiger partial charge < -0.3 is 4.74 Å². The Labute approximate surface area is 91.7 Å². The van der Waals surface area contributed by atoms with Crippen LogP contribution in [0.2, 0.25) is 5.02 Å². The zero-order valence-electron chi connectivity index (χ0n) is 8.04. The smallest absolute Gasteiger partial charge is 0.392 e. The van der Waals surface area contributed by atoms with Crippen molar-refractivity contribution in [3.63, 3.8) is 0 Å². The first-order valence-electron chi connectivity index (χ1n) is 4.03. The molecule has 1 heterocycles. The van der Waals surface area contributed by atoms with E-state index in [0.717, 1.165) is 5.69 Å². The van der Waals surface area contributed by atoms with Crippen molar-refractivity contribution in [1.82, 2.24) is 9.78 Å². The van der Waals surface area contributed by atoms with Crippen LogP contribution in [0.15, 0.2) is 0 Å². The van der Waals surface area contributed by atoms with Crippen molar-refractivity contribution in [2.45, 2.75) is 19.8 Å². The van der Waals surface area contributed by atoms with E-state index in [4.69, 9.17) is 23.2 Å². The number of ether oxygens (including phenoxy) is 1. The molecule has 0 aliphatic heterocycles. The monoisotopic (exact) mass is 236 g/mol. The van der Waals surface area contributed by atoms with Gasteiger partial charge in [0.2, 0.25) is 0 Å². The summed E-state index contributed by atoms with van der Waals surface area (Å²) in [5.41, 5.74) is -0.139. The van der Waals surface area contributed by atoms with E-state index in [9.17, 15) is 4.79 Å². The first kappa shape index (κ1) is 11.3. The maximum atomic E-state index is 10.5. The van der Waals surface area contributed by atoms with Crippen molar-refractivity contribution in [3.05, 3.63) is 10.7 Å². The lowest BCUT2D eigenvalue weighted by molar-refractivity contribution is 0.223. The van der Waals surface area contributed by atoms with E-state index < -0.39 is 5.43 Å². The summed E-state index contributed by atoms with van der Waals surface area (Å²) in [6, 6.07) is 0. The molecule has 0 bridgehead atoms. The van der Waals surface area contributed by atoms with E-state index >= 15 is 0 Å². The molecular weight excluding hydrogens is 227 g/mol. The lowest BCUT2D eigenvalue weighted by atomic mass is 10.1. The van der Waals surface area contributed by atoms with Crippen molar-refractivity contribution in [2.75, 3.05) is 0 Å². The van der Waals surface area contributed by atoms with Gasteiger partial charge in [0.15, 0.2) is 0 Å². The molecule has 0 radical (unpaired) electrons. The Morgan fingerprint density at radius 2 is 2.14 bits per heavy atom. The first-order valence-corrected chi connectivity index (χ1v) is 4.78. The van der Waals surface area contributed by atoms with Gasteiger partial charge in [-0.25, -0.2) is 4.79 Å². The van der Waals surface area contributed by atoms with Crippen molar-refractivity contribution < 1.29 is 9.53 Å². The summed E-state index contributed by atoms with van der Waals surface area (Å²) in [5, 5.41) is 4.26. The van der Waals surface area contributed by atoms with E-state index in [2.05, 4.69) is 9.84 Å². The molecule has 1 rings (SSSR count). The lowest BCUT2D eigenvalue weighted by Crippen LogP contribution is -2.00. The predicted molar refractivity (Wildman–Crippen MR) is 54.2 cm³/mol. The number of nitrogens with zero attached hydrogens (tertiary/aromatic N) is 2. The largest absolute Gasteiger partial charge is 0.410 e. The van der Waals surface area contributed by atoms with Gasteiger partial charge in [0, 0.05) is 18.6 Å². The second-order valence-electron chi connectivity index (χ2n) is 3.12. The highest BCUT2D eigenvalue weighted by Crippen LogP contribution is 2.32. The summed E-state index contributed by atoms with van der Waals surface area (Å²) in [4.78, 5) is 10.5. The molecule has 0 saturated heterocycles. The van der Waals surface area contributed by atoms with Gasteiger partial charge in [-0.2, -0.15) is 0 Å². The van der Waals surface area contributed by atoms with E-state index in [1.807, 2.05) is 13.8 Å². The minimum atomic E-state index is -0.944. The van der Waals surface area contributed by atoms with E-state index in [1.54, 1.807) is 11.7 Å². The van der Waals surface area contributed by atoms with Gasteiger partial charge in [-0.1, -0.05) is 25.4 Å². The highest BCUT2D eigenvalue weighted by Gasteiger charge is 2.19. The molecule has 0 unspecified atom stereocenters. The van der Waals surface area contributed by atoms with Crippen LogP contribution in [0.1, 0.15) is 25.5 Å². The Bertz CT molecular complexity index is 360. The Kier molecular flexibility index (Phi) is 3.39. The van der Waals surface area contributed by atoms with Crippen LogP contribution >= 0.6 is 23.2 Å². The number of carbonyl (C=O) groups is 1. The third-order valence-corrected chi connectivity index (χ3v) is 2.16. The van der Waals surface area contributed by atoms with Gasteiger partial charge in [-0.15, -0.1) is 5.10 Å². The molecule has 1 aromatic heterocycles. The first-order chi connectivity index (χ1) is 6.43. The summed E-state index contributed by atoms with van der Waals surface area (Å²) in [6.07, 6.45) is 0. The number of rotatable bonds is 2. The summed E-state index contributed by atoms with van der Waals surface area (Å²) in [5.74, 6) is 0.251. The van der Waals surface area contributed by atoms with E-state index in [1.165, 1.54) is 0 Å². The fraction of sp³-hybridized carbons (Fsp3) is 0.500. The molecule has 0 spiro atoms. The minimum absolute atomic E-state index is 0.0536. The standard InChI is InChI=1S/C8H10Cl2N2O2/c1-4(2)6-5(9)7(11-12(6)3)14-8(10)13/h4H,1-3H3. The molecule has 0 N–H and O–H groups in total. The Morgan fingerprint density at radius 3 is 2.50 bits per heavy atom. The zero-order valence-corrected chi connectivity index (χ0v) is 9.56. The fourth-order valence-corrected chi connectivity index (χ4v) is 1.74. The molecule has 0 aromatic carbocycles. The summed E-state index contributed by atoms with van der Waals surface area (Å²) in [7, 11) is 1.73. The van der Waals surface area contributed by atoms with Crippen LogP contribution in [0.25, 0.3) is 0 Å². The third kappa shape index (κ3) is 2.19. The van der Waals surface area contributed by atoms with Crippen molar-refractivity contribution in [2.24, 2.45) is 7.05 Å². The van der Waals surface area contributed by atoms with Gasteiger partial charge in [0.05, 0.1) is 5.69 Å². The number of hydrogen-bond donors (Lipinski definition) is 0. The highest BCUT2D eigenvalue weighted by molar-refractivity contribution is 6.61.